The highest BCUT2D eigenvalue weighted by Gasteiger charge is 1.95. The van der Waals surface area contributed by atoms with Crippen LogP contribution in [0.5, 0.6) is 0 Å². The highest BCUT2D eigenvalue weighted by Crippen LogP contribution is 2.13. The summed E-state index contributed by atoms with van der Waals surface area (Å²) in [5.74, 6) is 0. The number of aryl methyl sites for hydroxylation is 2. The smallest absolute Gasteiger partial charge is 0.0175 e. The topological polar surface area (TPSA) is 0 Å². The van der Waals surface area contributed by atoms with E-state index in [-0.39, 0.29) is 0 Å². The second-order valence-electron chi connectivity index (χ2n) is 4.67. The molecule has 0 amide bonds. The van der Waals surface area contributed by atoms with E-state index in [1.165, 1.54) is 43.2 Å². The van der Waals surface area contributed by atoms with Crippen molar-refractivity contribution < 1.29 is 0 Å². The molecule has 2 aromatic carbocycles. The summed E-state index contributed by atoms with van der Waals surface area (Å²) in [5.41, 5.74) is 2.90. The molecule has 0 N–H and O–H groups in total. The van der Waals surface area contributed by atoms with Crippen LogP contribution >= 0.6 is 15.9 Å². The Morgan fingerprint density at radius 2 is 1.17 bits per heavy atom. The summed E-state index contributed by atoms with van der Waals surface area (Å²) in [6, 6.07) is 19.4. The van der Waals surface area contributed by atoms with Crippen LogP contribution < -0.4 is 0 Å². The van der Waals surface area contributed by atoms with Crippen LogP contribution in [-0.2, 0) is 12.8 Å². The van der Waals surface area contributed by atoms with Crippen LogP contribution in [-0.4, -0.2) is 0 Å². The third-order valence-corrected chi connectivity index (χ3v) is 3.72. The minimum atomic E-state index is 1.16. The third-order valence-electron chi connectivity index (χ3n) is 3.19. The van der Waals surface area contributed by atoms with Crippen molar-refractivity contribution in [3.8, 4) is 0 Å². The summed E-state index contributed by atoms with van der Waals surface area (Å²) < 4.78 is 1.16. The van der Waals surface area contributed by atoms with Crippen LogP contribution in [0.25, 0.3) is 0 Å². The van der Waals surface area contributed by atoms with Crippen LogP contribution in [0.15, 0.2) is 59.1 Å². The summed E-state index contributed by atoms with van der Waals surface area (Å²) in [6.45, 7) is 0. The lowest BCUT2D eigenvalue weighted by Crippen LogP contribution is -1.88. The molecule has 2 aromatic rings. The Bertz CT molecular complexity index is 445. The zero-order valence-corrected chi connectivity index (χ0v) is 12.2. The van der Waals surface area contributed by atoms with E-state index in [0.717, 1.165) is 4.47 Å². The van der Waals surface area contributed by atoms with Gasteiger partial charge in [0.15, 0.2) is 0 Å². The van der Waals surface area contributed by atoms with Crippen molar-refractivity contribution in [3.63, 3.8) is 0 Å². The van der Waals surface area contributed by atoms with Gasteiger partial charge in [-0.25, -0.2) is 0 Å². The van der Waals surface area contributed by atoms with Crippen molar-refractivity contribution in [2.24, 2.45) is 0 Å². The second-order valence-corrected chi connectivity index (χ2v) is 5.59. The van der Waals surface area contributed by atoms with Crippen LogP contribution in [0.1, 0.15) is 30.4 Å². The zero-order valence-electron chi connectivity index (χ0n) is 10.6. The van der Waals surface area contributed by atoms with Gasteiger partial charge >= 0.3 is 0 Å². The molecule has 2 rings (SSSR count). The molecule has 0 saturated carbocycles. The molecule has 0 nitrogen and oxygen atoms in total. The van der Waals surface area contributed by atoms with Crippen molar-refractivity contribution in [3.05, 3.63) is 70.2 Å². The first-order chi connectivity index (χ1) is 8.84. The van der Waals surface area contributed by atoms with Crippen LogP contribution in [0.4, 0.5) is 0 Å². The van der Waals surface area contributed by atoms with Crippen molar-refractivity contribution in [2.75, 3.05) is 0 Å². The molecule has 0 aliphatic rings. The standard InChI is InChI=1S/C17H19Br/c18-17-13-11-16(12-14-17)10-6-2-5-9-15-7-3-1-4-8-15/h1,3-4,7-8,11-14H,2,5-6,9-10H2. The molecule has 0 aliphatic heterocycles. The molecule has 0 heterocycles. The number of hydrogen-bond donors (Lipinski definition) is 0. The summed E-state index contributed by atoms with van der Waals surface area (Å²) in [5, 5.41) is 0. The Balaban J connectivity index is 1.63. The van der Waals surface area contributed by atoms with Gasteiger partial charge in [-0.05, 0) is 48.9 Å². The highest BCUT2D eigenvalue weighted by molar-refractivity contribution is 9.10. The van der Waals surface area contributed by atoms with Gasteiger partial charge in [-0.15, -0.1) is 0 Å². The molecule has 0 fully saturated rings. The molecule has 0 saturated heterocycles. The van der Waals surface area contributed by atoms with Gasteiger partial charge in [0.25, 0.3) is 0 Å². The van der Waals surface area contributed by atoms with Crippen molar-refractivity contribution in [1.82, 2.24) is 0 Å². The Labute approximate surface area is 118 Å². The van der Waals surface area contributed by atoms with Gasteiger partial charge in [0.1, 0.15) is 0 Å². The zero-order chi connectivity index (χ0) is 12.6. The van der Waals surface area contributed by atoms with Crippen LogP contribution in [0.3, 0.4) is 0 Å². The maximum absolute atomic E-state index is 3.46. The largest absolute Gasteiger partial charge is 0.0622 e. The summed E-state index contributed by atoms with van der Waals surface area (Å²) in [6.07, 6.45) is 6.29. The van der Waals surface area contributed by atoms with Gasteiger partial charge < -0.3 is 0 Å². The molecular weight excluding hydrogens is 284 g/mol. The molecule has 0 aromatic heterocycles. The fourth-order valence-corrected chi connectivity index (χ4v) is 2.40. The SMILES string of the molecule is Brc1ccc(CCCCCc2ccccc2)cc1. The molecule has 0 radical (unpaired) electrons. The van der Waals surface area contributed by atoms with Gasteiger partial charge in [0, 0.05) is 4.47 Å². The third kappa shape index (κ3) is 4.66. The normalized spacial score (nSPS) is 10.5. The Morgan fingerprint density at radius 3 is 1.78 bits per heavy atom. The molecule has 0 bridgehead atoms. The molecule has 94 valence electrons. The van der Waals surface area contributed by atoms with Crippen molar-refractivity contribution >= 4 is 15.9 Å². The predicted molar refractivity (Wildman–Crippen MR) is 81.8 cm³/mol. The average Bonchev–Trinajstić information content (AvgIpc) is 2.42. The lowest BCUT2D eigenvalue weighted by Gasteiger charge is -2.03. The van der Waals surface area contributed by atoms with Gasteiger partial charge in [0.2, 0.25) is 0 Å². The fraction of sp³-hybridized carbons (Fsp3) is 0.294. The summed E-state index contributed by atoms with van der Waals surface area (Å²) in [7, 11) is 0. The van der Waals surface area contributed by atoms with Crippen LogP contribution in [0.2, 0.25) is 0 Å². The Morgan fingerprint density at radius 1 is 0.611 bits per heavy atom. The lowest BCUT2D eigenvalue weighted by molar-refractivity contribution is 0.678. The molecule has 0 spiro atoms. The van der Waals surface area contributed by atoms with Crippen molar-refractivity contribution in [1.29, 1.82) is 0 Å². The first-order valence-corrected chi connectivity index (χ1v) is 7.42. The predicted octanol–water partition coefficient (Wildman–Crippen LogP) is 5.40. The summed E-state index contributed by atoms with van der Waals surface area (Å²) in [4.78, 5) is 0. The van der Waals surface area contributed by atoms with Gasteiger partial charge in [0.05, 0.1) is 0 Å². The Kier molecular flexibility index (Phi) is 5.47. The second kappa shape index (κ2) is 7.38. The van der Waals surface area contributed by atoms with E-state index in [0.29, 0.717) is 0 Å². The first kappa shape index (κ1) is 13.4. The quantitative estimate of drug-likeness (QED) is 0.626. The fourth-order valence-electron chi connectivity index (χ4n) is 2.13. The van der Waals surface area contributed by atoms with Gasteiger partial charge in [-0.2, -0.15) is 0 Å². The summed E-state index contributed by atoms with van der Waals surface area (Å²) >= 11 is 3.46. The highest BCUT2D eigenvalue weighted by atomic mass is 79.9. The minimum absolute atomic E-state index is 1.16. The van der Waals surface area contributed by atoms with E-state index >= 15 is 0 Å². The van der Waals surface area contributed by atoms with E-state index in [1.54, 1.807) is 0 Å². The van der Waals surface area contributed by atoms with E-state index in [2.05, 4.69) is 70.5 Å². The van der Waals surface area contributed by atoms with Crippen LogP contribution in [0, 0.1) is 0 Å². The maximum Gasteiger partial charge on any atom is 0.0175 e. The maximum atomic E-state index is 3.46. The molecule has 1 heteroatoms. The number of benzene rings is 2. The lowest BCUT2D eigenvalue weighted by atomic mass is 10.0. The first-order valence-electron chi connectivity index (χ1n) is 6.63. The number of hydrogen-bond acceptors (Lipinski definition) is 0. The number of halogens is 1. The molecular formula is C17H19Br. The van der Waals surface area contributed by atoms with E-state index in [9.17, 15) is 0 Å². The van der Waals surface area contributed by atoms with Crippen molar-refractivity contribution in [2.45, 2.75) is 32.1 Å². The molecule has 0 aliphatic carbocycles. The molecule has 18 heavy (non-hydrogen) atoms. The number of unbranched alkanes of at least 4 members (excludes halogenated alkanes) is 2. The molecule has 0 atom stereocenters. The monoisotopic (exact) mass is 302 g/mol. The van der Waals surface area contributed by atoms with E-state index in [1.807, 2.05) is 0 Å². The van der Waals surface area contributed by atoms with Gasteiger partial charge in [-0.1, -0.05) is 64.8 Å². The van der Waals surface area contributed by atoms with E-state index in [4.69, 9.17) is 0 Å². The molecule has 0 unspecified atom stereocenters. The average molecular weight is 303 g/mol. The number of rotatable bonds is 6. The minimum Gasteiger partial charge on any atom is -0.0622 e. The van der Waals surface area contributed by atoms with Gasteiger partial charge in [-0.3, -0.25) is 0 Å². The van der Waals surface area contributed by atoms with E-state index < -0.39 is 0 Å². The Hall–Kier alpha value is -1.08.